The zero-order valence-electron chi connectivity index (χ0n) is 7.80. The molecule has 0 aromatic heterocycles. The summed E-state index contributed by atoms with van der Waals surface area (Å²) in [6, 6.07) is 0. The van der Waals surface area contributed by atoms with Crippen molar-refractivity contribution < 1.29 is 53.0 Å². The van der Waals surface area contributed by atoms with Crippen LogP contribution < -0.4 is 0 Å². The molecule has 2 atom stereocenters. The van der Waals surface area contributed by atoms with Crippen LogP contribution in [0.2, 0.25) is 0 Å². The summed E-state index contributed by atoms with van der Waals surface area (Å²) in [7, 11) is 0. The van der Waals surface area contributed by atoms with E-state index in [1.807, 2.05) is 0 Å². The lowest BCUT2D eigenvalue weighted by Crippen LogP contribution is -2.48. The molecule has 18 heavy (non-hydrogen) atoms. The van der Waals surface area contributed by atoms with E-state index in [0.29, 0.717) is 0 Å². The molecule has 0 fully saturated rings. The first-order valence-corrected chi connectivity index (χ1v) is 3.81. The van der Waals surface area contributed by atoms with Crippen LogP contribution in [-0.2, 0) is 4.74 Å². The van der Waals surface area contributed by atoms with Gasteiger partial charge in [-0.3, -0.25) is 0 Å². The Morgan fingerprint density at radius 2 is 0.944 bits per heavy atom. The van der Waals surface area contributed by atoms with Crippen LogP contribution in [0.25, 0.3) is 0 Å². The second-order valence-electron chi connectivity index (χ2n) is 2.89. The molecule has 0 aromatic carbocycles. The topological polar surface area (TPSA) is 9.23 Å². The highest BCUT2D eigenvalue weighted by molar-refractivity contribution is 4.79. The molecule has 0 aromatic rings. The third-order valence-electron chi connectivity index (χ3n) is 1.40. The Kier molecular flexibility index (Phi) is 4.83. The minimum atomic E-state index is -6.23. The molecular weight excluding hydrogens is 297 g/mol. The maximum Gasteiger partial charge on any atom is 0.425 e. The van der Waals surface area contributed by atoms with Gasteiger partial charge in [-0.1, -0.05) is 0 Å². The van der Waals surface area contributed by atoms with E-state index >= 15 is 0 Å². The second-order valence-corrected chi connectivity index (χ2v) is 2.89. The van der Waals surface area contributed by atoms with Crippen LogP contribution in [0.15, 0.2) is 0 Å². The van der Waals surface area contributed by atoms with Crippen molar-refractivity contribution in [3.05, 3.63) is 0 Å². The summed E-state index contributed by atoms with van der Waals surface area (Å²) in [4.78, 5) is 0. The Hall–Kier alpha value is -0.810. The van der Waals surface area contributed by atoms with Crippen molar-refractivity contribution >= 4 is 0 Å². The molecule has 110 valence electrons. The molecule has 0 N–H and O–H groups in total. The number of rotatable bonds is 3. The highest BCUT2D eigenvalue weighted by Gasteiger charge is 2.61. The molecule has 2 unspecified atom stereocenters. The van der Waals surface area contributed by atoms with Gasteiger partial charge < -0.3 is 4.74 Å². The zero-order valence-corrected chi connectivity index (χ0v) is 7.80. The minimum Gasteiger partial charge on any atom is -0.324 e. The number of halogens is 11. The monoisotopic (exact) mass is 300 g/mol. The van der Waals surface area contributed by atoms with Gasteiger partial charge in [0.15, 0.2) is 0 Å². The average Bonchev–Trinajstić information content (AvgIpc) is 2.07. The van der Waals surface area contributed by atoms with Gasteiger partial charge in [-0.2, -0.15) is 39.5 Å². The highest BCUT2D eigenvalue weighted by atomic mass is 19.4. The highest BCUT2D eigenvalue weighted by Crippen LogP contribution is 2.38. The van der Waals surface area contributed by atoms with Crippen LogP contribution in [-0.4, -0.2) is 37.2 Å². The van der Waals surface area contributed by atoms with Crippen molar-refractivity contribution in [2.75, 3.05) is 0 Å². The Morgan fingerprint density at radius 3 is 1.17 bits per heavy atom. The smallest absolute Gasteiger partial charge is 0.324 e. The molecule has 0 bridgehead atoms. The fraction of sp³-hybridized carbons (Fsp3) is 1.00. The summed E-state index contributed by atoms with van der Waals surface area (Å²) in [6.45, 7) is 0. The van der Waals surface area contributed by atoms with Crippen molar-refractivity contribution in [3.8, 4) is 0 Å². The summed E-state index contributed by atoms with van der Waals surface area (Å²) in [5.41, 5.74) is 0. The molecule has 0 heterocycles. The van der Waals surface area contributed by atoms with Crippen LogP contribution >= 0.6 is 0 Å². The van der Waals surface area contributed by atoms with E-state index < -0.39 is 37.2 Å². The third kappa shape index (κ3) is 4.82. The van der Waals surface area contributed by atoms with Crippen molar-refractivity contribution in [2.24, 2.45) is 0 Å². The fourth-order valence-electron chi connectivity index (χ4n) is 0.687. The van der Waals surface area contributed by atoms with Gasteiger partial charge in [0.2, 0.25) is 6.36 Å². The van der Waals surface area contributed by atoms with Gasteiger partial charge in [-0.15, -0.1) is 0 Å². The predicted molar refractivity (Wildman–Crippen MR) is 32.8 cm³/mol. The molecule has 0 aliphatic heterocycles. The lowest BCUT2D eigenvalue weighted by Gasteiger charge is -2.26. The summed E-state index contributed by atoms with van der Waals surface area (Å²) in [5, 5.41) is 0. The molecule has 0 aliphatic rings. The zero-order chi connectivity index (χ0) is 14.9. The van der Waals surface area contributed by atoms with Gasteiger partial charge in [-0.05, 0) is 0 Å². The van der Waals surface area contributed by atoms with Crippen molar-refractivity contribution in [1.82, 2.24) is 0 Å². The summed E-state index contributed by atoms with van der Waals surface area (Å²) in [6.07, 6.45) is -32.4. The average molecular weight is 300 g/mol. The molecule has 0 radical (unpaired) electrons. The quantitative estimate of drug-likeness (QED) is 0.722. The van der Waals surface area contributed by atoms with E-state index in [1.165, 1.54) is 0 Å². The Balaban J connectivity index is 4.93. The lowest BCUT2D eigenvalue weighted by atomic mass is 10.3. The van der Waals surface area contributed by atoms with Crippen molar-refractivity contribution in [1.29, 1.82) is 0 Å². The first kappa shape index (κ1) is 17.2. The molecular formula is C6H3F11O. The van der Waals surface area contributed by atoms with Crippen molar-refractivity contribution in [3.63, 3.8) is 0 Å². The predicted octanol–water partition coefficient (Wildman–Crippen LogP) is 3.69. The molecule has 0 rings (SSSR count). The van der Waals surface area contributed by atoms with E-state index in [2.05, 4.69) is 4.74 Å². The van der Waals surface area contributed by atoms with Crippen LogP contribution in [0.4, 0.5) is 48.3 Å². The van der Waals surface area contributed by atoms with Crippen LogP contribution in [0.5, 0.6) is 0 Å². The summed E-state index contributed by atoms with van der Waals surface area (Å²) in [5.74, 6) is 0. The standard InChI is InChI=1S/C6H3F11O/c7-1(4(9,10)11)2(8)18-3(5(12,13)14)6(15,16)17/h1-3H. The minimum absolute atomic E-state index is 2.46. The first-order valence-electron chi connectivity index (χ1n) is 3.81. The van der Waals surface area contributed by atoms with Crippen molar-refractivity contribution in [2.45, 2.75) is 37.2 Å². The third-order valence-corrected chi connectivity index (χ3v) is 1.40. The summed E-state index contributed by atoms with van der Waals surface area (Å²) < 4.78 is 132. The summed E-state index contributed by atoms with van der Waals surface area (Å²) >= 11 is 0. The first-order chi connectivity index (χ1) is 7.67. The van der Waals surface area contributed by atoms with Gasteiger partial charge in [-0.25, -0.2) is 8.78 Å². The molecule has 0 aliphatic carbocycles. The van der Waals surface area contributed by atoms with Crippen LogP contribution in [0.1, 0.15) is 0 Å². The number of hydrogen-bond acceptors (Lipinski definition) is 1. The molecule has 1 nitrogen and oxygen atoms in total. The maximum absolute atomic E-state index is 12.3. The number of hydrogen-bond donors (Lipinski definition) is 0. The SMILES string of the molecule is FC(OC(C(F)(F)F)C(F)(F)F)C(F)C(F)(F)F. The normalized spacial score (nSPS) is 18.0. The molecule has 0 saturated carbocycles. The van der Waals surface area contributed by atoms with E-state index in [0.717, 1.165) is 0 Å². The Bertz CT molecular complexity index is 248. The van der Waals surface area contributed by atoms with Crippen LogP contribution in [0.3, 0.4) is 0 Å². The fourth-order valence-corrected chi connectivity index (χ4v) is 0.687. The van der Waals surface area contributed by atoms with E-state index in [9.17, 15) is 48.3 Å². The molecule has 0 spiro atoms. The maximum atomic E-state index is 12.3. The van der Waals surface area contributed by atoms with E-state index in [4.69, 9.17) is 0 Å². The van der Waals surface area contributed by atoms with Gasteiger partial charge in [0.1, 0.15) is 0 Å². The molecule has 0 saturated heterocycles. The van der Waals surface area contributed by atoms with Gasteiger partial charge in [0, 0.05) is 0 Å². The molecule has 12 heteroatoms. The van der Waals surface area contributed by atoms with Gasteiger partial charge in [0.25, 0.3) is 12.3 Å². The Morgan fingerprint density at radius 1 is 0.611 bits per heavy atom. The number of alkyl halides is 11. The lowest BCUT2D eigenvalue weighted by molar-refractivity contribution is -0.356. The van der Waals surface area contributed by atoms with Gasteiger partial charge >= 0.3 is 18.5 Å². The second kappa shape index (κ2) is 5.05. The van der Waals surface area contributed by atoms with Gasteiger partial charge in [0.05, 0.1) is 0 Å². The molecule has 0 amide bonds. The van der Waals surface area contributed by atoms with Crippen LogP contribution in [0, 0.1) is 0 Å². The largest absolute Gasteiger partial charge is 0.425 e. The Labute approximate surface area is 91.5 Å². The van der Waals surface area contributed by atoms with E-state index in [-0.39, 0.29) is 0 Å². The number of ether oxygens (including phenoxy) is 1. The van der Waals surface area contributed by atoms with E-state index in [1.54, 1.807) is 0 Å².